The third-order valence-corrected chi connectivity index (χ3v) is 5.61. The van der Waals surface area contributed by atoms with Crippen molar-refractivity contribution >= 4 is 38.5 Å². The maximum atomic E-state index is 12.8. The lowest BCUT2D eigenvalue weighted by Gasteiger charge is -2.23. The van der Waals surface area contributed by atoms with Crippen LogP contribution in [0.15, 0.2) is 48.5 Å². The van der Waals surface area contributed by atoms with Gasteiger partial charge in [0.25, 0.3) is 0 Å². The second-order valence-corrected chi connectivity index (χ2v) is 7.61. The number of hydrogen-bond donors (Lipinski definition) is 1. The van der Waals surface area contributed by atoms with Crippen LogP contribution >= 0.6 is 11.3 Å². The minimum absolute atomic E-state index is 0.0432. The summed E-state index contributed by atoms with van der Waals surface area (Å²) in [6.45, 7) is -2.68. The van der Waals surface area contributed by atoms with Crippen molar-refractivity contribution in [3.8, 4) is 5.75 Å². The van der Waals surface area contributed by atoms with Crippen LogP contribution in [0.1, 0.15) is 18.4 Å². The Morgan fingerprint density at radius 3 is 2.72 bits per heavy atom. The smallest absolute Gasteiger partial charge is 0.387 e. The number of nitrogens with zero attached hydrogens (tertiary/aromatic N) is 2. The van der Waals surface area contributed by atoms with Gasteiger partial charge < -0.3 is 15.0 Å². The molecule has 3 aromatic rings. The van der Waals surface area contributed by atoms with E-state index in [-0.39, 0.29) is 30.5 Å². The van der Waals surface area contributed by atoms with E-state index in [1.165, 1.54) is 28.4 Å². The van der Waals surface area contributed by atoms with Crippen LogP contribution in [0.5, 0.6) is 5.75 Å². The molecule has 0 aliphatic carbocycles. The van der Waals surface area contributed by atoms with Gasteiger partial charge >= 0.3 is 6.61 Å². The molecule has 1 saturated heterocycles. The molecular weight excluding hydrogens is 400 g/mol. The number of amides is 2. The zero-order valence-electron chi connectivity index (χ0n) is 15.2. The van der Waals surface area contributed by atoms with Gasteiger partial charge in [-0.1, -0.05) is 35.6 Å². The molecule has 0 unspecified atom stereocenters. The lowest BCUT2D eigenvalue weighted by atomic mass is 10.1. The number of hydrogen-bond acceptors (Lipinski definition) is 5. The monoisotopic (exact) mass is 417 g/mol. The normalized spacial score (nSPS) is 16.6. The van der Waals surface area contributed by atoms with Crippen molar-refractivity contribution in [1.29, 1.82) is 0 Å². The van der Waals surface area contributed by atoms with E-state index < -0.39 is 12.7 Å². The molecule has 1 aliphatic rings. The van der Waals surface area contributed by atoms with Crippen LogP contribution in [-0.4, -0.2) is 34.4 Å². The molecule has 0 saturated carbocycles. The number of alkyl halides is 2. The van der Waals surface area contributed by atoms with Gasteiger partial charge in [0.1, 0.15) is 11.8 Å². The highest BCUT2D eigenvalue weighted by Gasteiger charge is 2.36. The summed E-state index contributed by atoms with van der Waals surface area (Å²) in [5.41, 5.74) is 1.53. The van der Waals surface area contributed by atoms with Crippen molar-refractivity contribution in [1.82, 2.24) is 9.88 Å². The molecule has 150 valence electrons. The van der Waals surface area contributed by atoms with Gasteiger partial charge in [0.15, 0.2) is 5.13 Å². The Hall–Kier alpha value is -3.07. The average Bonchev–Trinajstić information content (AvgIpc) is 3.26. The molecule has 2 aromatic carbocycles. The van der Waals surface area contributed by atoms with Gasteiger partial charge in [-0.25, -0.2) is 4.98 Å². The van der Waals surface area contributed by atoms with Gasteiger partial charge in [-0.05, 0) is 36.2 Å². The minimum atomic E-state index is -2.89. The molecule has 2 amide bonds. The first-order chi connectivity index (χ1) is 14.0. The summed E-state index contributed by atoms with van der Waals surface area (Å²) in [7, 11) is 0. The number of aromatic nitrogens is 1. The summed E-state index contributed by atoms with van der Waals surface area (Å²) in [6, 6.07) is 13.0. The second-order valence-electron chi connectivity index (χ2n) is 6.57. The predicted molar refractivity (Wildman–Crippen MR) is 105 cm³/mol. The average molecular weight is 417 g/mol. The maximum Gasteiger partial charge on any atom is 0.387 e. The Morgan fingerprint density at radius 2 is 2.00 bits per heavy atom. The van der Waals surface area contributed by atoms with Crippen LogP contribution in [0.3, 0.4) is 0 Å². The molecule has 1 fully saturated rings. The van der Waals surface area contributed by atoms with E-state index in [4.69, 9.17) is 0 Å². The molecular formula is C20H17F2N3O3S. The highest BCUT2D eigenvalue weighted by molar-refractivity contribution is 7.22. The zero-order valence-corrected chi connectivity index (χ0v) is 16.0. The molecule has 1 atom stereocenters. The summed E-state index contributed by atoms with van der Waals surface area (Å²) >= 11 is 1.38. The summed E-state index contributed by atoms with van der Waals surface area (Å²) < 4.78 is 29.8. The number of rotatable bonds is 6. The summed E-state index contributed by atoms with van der Waals surface area (Å²) in [4.78, 5) is 31.0. The van der Waals surface area contributed by atoms with Crippen LogP contribution in [0, 0.1) is 0 Å². The number of benzene rings is 2. The van der Waals surface area contributed by atoms with Gasteiger partial charge in [-0.2, -0.15) is 8.78 Å². The van der Waals surface area contributed by atoms with Gasteiger partial charge in [0.2, 0.25) is 11.8 Å². The van der Waals surface area contributed by atoms with Crippen molar-refractivity contribution in [2.45, 2.75) is 32.0 Å². The van der Waals surface area contributed by atoms with Gasteiger partial charge in [-0.3, -0.25) is 9.59 Å². The largest absolute Gasteiger partial charge is 0.435 e. The number of carbonyl (C=O) groups excluding carboxylic acids is 2. The summed E-state index contributed by atoms with van der Waals surface area (Å²) in [5.74, 6) is -0.364. The van der Waals surface area contributed by atoms with Crippen molar-refractivity contribution in [3.63, 3.8) is 0 Å². The zero-order chi connectivity index (χ0) is 20.4. The third kappa shape index (κ3) is 4.34. The molecule has 1 N–H and O–H groups in total. The van der Waals surface area contributed by atoms with E-state index in [2.05, 4.69) is 15.0 Å². The van der Waals surface area contributed by atoms with Gasteiger partial charge in [-0.15, -0.1) is 0 Å². The van der Waals surface area contributed by atoms with E-state index >= 15 is 0 Å². The molecule has 2 heterocycles. The molecule has 4 rings (SSSR count). The fourth-order valence-electron chi connectivity index (χ4n) is 3.29. The Morgan fingerprint density at radius 1 is 1.24 bits per heavy atom. The molecule has 0 bridgehead atoms. The number of fused-ring (bicyclic) bond motifs is 1. The molecule has 9 heteroatoms. The number of likely N-dealkylation sites (tertiary alicyclic amines) is 1. The summed E-state index contributed by atoms with van der Waals surface area (Å²) in [5, 5.41) is 3.30. The fourth-order valence-corrected chi connectivity index (χ4v) is 4.16. The van der Waals surface area contributed by atoms with Crippen molar-refractivity contribution < 1.29 is 23.1 Å². The SMILES string of the molecule is O=C(Nc1nc2ccccc2s1)[C@H]1CCC(=O)N1Cc1ccc(OC(F)F)cc1. The van der Waals surface area contributed by atoms with Gasteiger partial charge in [0, 0.05) is 13.0 Å². The Balaban J connectivity index is 1.45. The number of halogens is 2. The Kier molecular flexibility index (Phi) is 5.39. The number of anilines is 1. The first-order valence-corrected chi connectivity index (χ1v) is 9.81. The van der Waals surface area contributed by atoms with Gasteiger partial charge in [0.05, 0.1) is 10.2 Å². The van der Waals surface area contributed by atoms with E-state index in [1.54, 1.807) is 12.1 Å². The number of carbonyl (C=O) groups is 2. The van der Waals surface area contributed by atoms with Crippen LogP contribution in [0.2, 0.25) is 0 Å². The molecule has 6 nitrogen and oxygen atoms in total. The van der Waals surface area contributed by atoms with Crippen molar-refractivity contribution in [2.24, 2.45) is 0 Å². The van der Waals surface area contributed by atoms with Crippen LogP contribution in [0.25, 0.3) is 10.2 Å². The first-order valence-electron chi connectivity index (χ1n) is 8.99. The Bertz CT molecular complexity index is 1010. The fraction of sp³-hybridized carbons (Fsp3) is 0.250. The van der Waals surface area contributed by atoms with Crippen molar-refractivity contribution in [3.05, 3.63) is 54.1 Å². The molecule has 29 heavy (non-hydrogen) atoms. The number of ether oxygens (including phenoxy) is 1. The van der Waals surface area contributed by atoms with Crippen molar-refractivity contribution in [2.75, 3.05) is 5.32 Å². The maximum absolute atomic E-state index is 12.8. The van der Waals surface area contributed by atoms with Crippen LogP contribution in [0.4, 0.5) is 13.9 Å². The molecule has 0 spiro atoms. The van der Waals surface area contributed by atoms with Crippen LogP contribution in [-0.2, 0) is 16.1 Å². The third-order valence-electron chi connectivity index (χ3n) is 4.66. The predicted octanol–water partition coefficient (Wildman–Crippen LogP) is 4.03. The standard InChI is InChI=1S/C20H17F2N3O3S/c21-19(22)28-13-7-5-12(6-8-13)11-25-15(9-10-17(25)26)18(27)24-20-23-14-3-1-2-4-16(14)29-20/h1-8,15,19H,9-11H2,(H,23,24,27)/t15-/m1/s1. The van der Waals surface area contributed by atoms with Crippen LogP contribution < -0.4 is 10.1 Å². The highest BCUT2D eigenvalue weighted by Crippen LogP contribution is 2.28. The lowest BCUT2D eigenvalue weighted by Crippen LogP contribution is -2.41. The number of para-hydroxylation sites is 1. The van der Waals surface area contributed by atoms with E-state index in [0.717, 1.165) is 15.8 Å². The van der Waals surface area contributed by atoms with E-state index in [0.29, 0.717) is 11.6 Å². The second kappa shape index (κ2) is 8.12. The topological polar surface area (TPSA) is 71.5 Å². The van der Waals surface area contributed by atoms with E-state index in [1.807, 2.05) is 24.3 Å². The van der Waals surface area contributed by atoms with E-state index in [9.17, 15) is 18.4 Å². The number of nitrogens with one attached hydrogen (secondary N) is 1. The minimum Gasteiger partial charge on any atom is -0.435 e. The molecule has 1 aliphatic heterocycles. The first kappa shape index (κ1) is 19.3. The molecule has 1 aromatic heterocycles. The highest BCUT2D eigenvalue weighted by atomic mass is 32.1. The summed E-state index contributed by atoms with van der Waals surface area (Å²) in [6.07, 6.45) is 0.701. The number of thiazole rings is 1. The molecule has 0 radical (unpaired) electrons. The quantitative estimate of drug-likeness (QED) is 0.658. The Labute approximate surface area is 169 Å². The lowest BCUT2D eigenvalue weighted by molar-refractivity contribution is -0.133.